The lowest BCUT2D eigenvalue weighted by molar-refractivity contribution is -0.385. The molecule has 1 amide bonds. The molecule has 0 saturated carbocycles. The number of nitrogens with zero attached hydrogens (tertiary/aromatic N) is 1. The first-order valence-electron chi connectivity index (χ1n) is 6.75. The van der Waals surface area contributed by atoms with E-state index < -0.39 is 0 Å². The number of hydrogen-bond donors (Lipinski definition) is 2. The smallest absolute Gasteiger partial charge is 0.272 e. The molecule has 0 atom stereocenters. The van der Waals surface area contributed by atoms with Gasteiger partial charge < -0.3 is 15.4 Å². The van der Waals surface area contributed by atoms with Crippen LogP contribution in [-0.2, 0) is 16.1 Å². The van der Waals surface area contributed by atoms with Crippen LogP contribution >= 0.6 is 0 Å². The number of nitro benzene ring substituents is 1. The van der Waals surface area contributed by atoms with E-state index in [1.165, 1.54) is 0 Å². The Balaban J connectivity index is 2.31. The van der Waals surface area contributed by atoms with Gasteiger partial charge in [-0.2, -0.15) is 0 Å². The van der Waals surface area contributed by atoms with Gasteiger partial charge in [0, 0.05) is 44.8 Å². The van der Waals surface area contributed by atoms with E-state index in [1.807, 2.05) is 6.07 Å². The van der Waals surface area contributed by atoms with Crippen molar-refractivity contribution in [3.8, 4) is 0 Å². The summed E-state index contributed by atoms with van der Waals surface area (Å²) < 4.78 is 4.83. The van der Waals surface area contributed by atoms with Crippen LogP contribution in [0, 0.1) is 17.0 Å². The molecule has 0 aliphatic carbocycles. The minimum absolute atomic E-state index is 0.0468. The van der Waals surface area contributed by atoms with Crippen LogP contribution in [0.5, 0.6) is 0 Å². The standard InChI is InChI=1S/C14H21N3O4/c1-11-3-4-12(9-13(11)17(19)20)10-15-6-5-14(18)16-7-8-21-2/h3-4,9,15H,5-8,10H2,1-2H3,(H,16,18). The zero-order valence-corrected chi connectivity index (χ0v) is 12.3. The Morgan fingerprint density at radius 1 is 1.38 bits per heavy atom. The molecule has 1 aromatic rings. The van der Waals surface area contributed by atoms with Crippen molar-refractivity contribution < 1.29 is 14.5 Å². The number of nitro groups is 1. The van der Waals surface area contributed by atoms with Gasteiger partial charge in [-0.3, -0.25) is 14.9 Å². The number of aryl methyl sites for hydroxylation is 1. The van der Waals surface area contributed by atoms with Crippen molar-refractivity contribution in [2.75, 3.05) is 26.8 Å². The molecule has 0 saturated heterocycles. The zero-order valence-electron chi connectivity index (χ0n) is 12.3. The van der Waals surface area contributed by atoms with Gasteiger partial charge in [0.25, 0.3) is 5.69 Å². The van der Waals surface area contributed by atoms with Crippen LogP contribution in [0.25, 0.3) is 0 Å². The third kappa shape index (κ3) is 6.33. The van der Waals surface area contributed by atoms with Crippen LogP contribution in [-0.4, -0.2) is 37.6 Å². The Morgan fingerprint density at radius 2 is 2.14 bits per heavy atom. The number of methoxy groups -OCH3 is 1. The van der Waals surface area contributed by atoms with E-state index in [9.17, 15) is 14.9 Å². The van der Waals surface area contributed by atoms with Crippen molar-refractivity contribution in [3.05, 3.63) is 39.4 Å². The zero-order chi connectivity index (χ0) is 15.7. The Bertz CT molecular complexity index is 491. The highest BCUT2D eigenvalue weighted by molar-refractivity contribution is 5.76. The quantitative estimate of drug-likeness (QED) is 0.405. The fourth-order valence-electron chi connectivity index (χ4n) is 1.78. The molecule has 1 rings (SSSR count). The molecule has 116 valence electrons. The number of carbonyl (C=O) groups excluding carboxylic acids is 1. The first kappa shape index (κ1) is 17.1. The molecule has 0 bridgehead atoms. The van der Waals surface area contributed by atoms with Crippen LogP contribution in [0.1, 0.15) is 17.5 Å². The predicted octanol–water partition coefficient (Wildman–Crippen LogP) is 1.15. The lowest BCUT2D eigenvalue weighted by Gasteiger charge is -2.07. The van der Waals surface area contributed by atoms with Crippen LogP contribution < -0.4 is 10.6 Å². The van der Waals surface area contributed by atoms with Crippen LogP contribution in [0.3, 0.4) is 0 Å². The molecule has 0 unspecified atom stereocenters. The highest BCUT2D eigenvalue weighted by atomic mass is 16.6. The Kier molecular flexibility index (Phi) is 7.34. The van der Waals surface area contributed by atoms with E-state index in [4.69, 9.17) is 4.74 Å². The molecule has 0 aliphatic heterocycles. The van der Waals surface area contributed by atoms with Crippen LogP contribution in [0.15, 0.2) is 18.2 Å². The highest BCUT2D eigenvalue weighted by Crippen LogP contribution is 2.18. The summed E-state index contributed by atoms with van der Waals surface area (Å²) in [5.41, 5.74) is 1.58. The first-order valence-corrected chi connectivity index (χ1v) is 6.75. The van der Waals surface area contributed by atoms with Crippen LogP contribution in [0.2, 0.25) is 0 Å². The maximum absolute atomic E-state index is 11.4. The number of amides is 1. The Labute approximate surface area is 123 Å². The van der Waals surface area contributed by atoms with Gasteiger partial charge in [-0.05, 0) is 12.5 Å². The maximum Gasteiger partial charge on any atom is 0.272 e. The summed E-state index contributed by atoms with van der Waals surface area (Å²) in [5.74, 6) is -0.0468. The monoisotopic (exact) mass is 295 g/mol. The summed E-state index contributed by atoms with van der Waals surface area (Å²) in [5, 5.41) is 16.7. The van der Waals surface area contributed by atoms with Gasteiger partial charge in [0.05, 0.1) is 11.5 Å². The minimum atomic E-state index is -0.387. The van der Waals surface area contributed by atoms with Crippen molar-refractivity contribution in [2.45, 2.75) is 19.9 Å². The van der Waals surface area contributed by atoms with Crippen molar-refractivity contribution in [3.63, 3.8) is 0 Å². The van der Waals surface area contributed by atoms with E-state index in [-0.39, 0.29) is 16.5 Å². The van der Waals surface area contributed by atoms with E-state index in [0.717, 1.165) is 5.56 Å². The SMILES string of the molecule is COCCNC(=O)CCNCc1ccc(C)c([N+](=O)[O-])c1. The molecule has 1 aromatic carbocycles. The van der Waals surface area contributed by atoms with Gasteiger partial charge in [0.1, 0.15) is 0 Å². The first-order chi connectivity index (χ1) is 10.0. The van der Waals surface area contributed by atoms with Gasteiger partial charge >= 0.3 is 0 Å². The van der Waals surface area contributed by atoms with Gasteiger partial charge in [0.15, 0.2) is 0 Å². The fraction of sp³-hybridized carbons (Fsp3) is 0.500. The summed E-state index contributed by atoms with van der Waals surface area (Å²) in [6.07, 6.45) is 0.359. The second-order valence-corrected chi connectivity index (χ2v) is 4.65. The molecule has 21 heavy (non-hydrogen) atoms. The number of benzene rings is 1. The lowest BCUT2D eigenvalue weighted by Crippen LogP contribution is -2.29. The molecule has 0 heterocycles. The van der Waals surface area contributed by atoms with Crippen LogP contribution in [0.4, 0.5) is 5.69 Å². The van der Waals surface area contributed by atoms with Crippen molar-refractivity contribution >= 4 is 11.6 Å². The molecule has 2 N–H and O–H groups in total. The third-order valence-electron chi connectivity index (χ3n) is 2.96. The number of nitrogens with one attached hydrogen (secondary N) is 2. The molecular formula is C14H21N3O4. The van der Waals surface area contributed by atoms with E-state index in [1.54, 1.807) is 26.2 Å². The lowest BCUT2D eigenvalue weighted by atomic mass is 10.1. The van der Waals surface area contributed by atoms with Crippen molar-refractivity contribution in [2.24, 2.45) is 0 Å². The summed E-state index contributed by atoms with van der Waals surface area (Å²) >= 11 is 0. The van der Waals surface area contributed by atoms with Gasteiger partial charge in [-0.25, -0.2) is 0 Å². The summed E-state index contributed by atoms with van der Waals surface area (Å²) in [4.78, 5) is 21.9. The molecule has 0 spiro atoms. The fourth-order valence-corrected chi connectivity index (χ4v) is 1.78. The molecule has 7 nitrogen and oxygen atoms in total. The summed E-state index contributed by atoms with van der Waals surface area (Å²) in [6, 6.07) is 5.13. The minimum Gasteiger partial charge on any atom is -0.383 e. The van der Waals surface area contributed by atoms with E-state index >= 15 is 0 Å². The molecule has 0 aromatic heterocycles. The largest absolute Gasteiger partial charge is 0.383 e. The number of ether oxygens (including phenoxy) is 1. The van der Waals surface area contributed by atoms with E-state index in [2.05, 4.69) is 10.6 Å². The molecule has 7 heteroatoms. The van der Waals surface area contributed by atoms with E-state index in [0.29, 0.717) is 38.2 Å². The second-order valence-electron chi connectivity index (χ2n) is 4.65. The van der Waals surface area contributed by atoms with Crippen molar-refractivity contribution in [1.29, 1.82) is 0 Å². The number of hydrogen-bond acceptors (Lipinski definition) is 5. The highest BCUT2D eigenvalue weighted by Gasteiger charge is 2.10. The molecule has 0 aliphatic rings. The molecule has 0 fully saturated rings. The second kappa shape index (κ2) is 9.04. The van der Waals surface area contributed by atoms with Gasteiger partial charge in [-0.1, -0.05) is 12.1 Å². The number of rotatable bonds is 9. The van der Waals surface area contributed by atoms with Crippen molar-refractivity contribution in [1.82, 2.24) is 10.6 Å². The predicted molar refractivity (Wildman–Crippen MR) is 79.0 cm³/mol. The summed E-state index contributed by atoms with van der Waals surface area (Å²) in [6.45, 7) is 3.71. The Hall–Kier alpha value is -1.99. The summed E-state index contributed by atoms with van der Waals surface area (Å²) in [7, 11) is 1.58. The molecular weight excluding hydrogens is 274 g/mol. The average Bonchev–Trinajstić information content (AvgIpc) is 2.45. The normalized spacial score (nSPS) is 10.4. The van der Waals surface area contributed by atoms with Gasteiger partial charge in [-0.15, -0.1) is 0 Å². The third-order valence-corrected chi connectivity index (χ3v) is 2.96. The van der Waals surface area contributed by atoms with Gasteiger partial charge in [0.2, 0.25) is 5.91 Å². The molecule has 0 radical (unpaired) electrons. The maximum atomic E-state index is 11.4. The topological polar surface area (TPSA) is 93.5 Å². The number of carbonyl (C=O) groups is 1. The average molecular weight is 295 g/mol. The Morgan fingerprint density at radius 3 is 2.81 bits per heavy atom.